The Morgan fingerprint density at radius 2 is 2.04 bits per heavy atom. The number of rotatable bonds is 4. The number of hydrogen-bond donors (Lipinski definition) is 1. The van der Waals surface area contributed by atoms with Gasteiger partial charge >= 0.3 is 5.97 Å². The fourth-order valence-corrected chi connectivity index (χ4v) is 4.85. The van der Waals surface area contributed by atoms with Crippen LogP contribution in [-0.4, -0.2) is 28.8 Å². The van der Waals surface area contributed by atoms with E-state index >= 15 is 0 Å². The van der Waals surface area contributed by atoms with Crippen molar-refractivity contribution in [1.82, 2.24) is 9.78 Å². The minimum Gasteiger partial charge on any atom is -0.465 e. The Balaban J connectivity index is 1.63. The molecule has 0 bridgehead atoms. The minimum atomic E-state index is -0.429. The average Bonchev–Trinajstić information content (AvgIpc) is 3.07. The molecule has 2 heterocycles. The molecule has 1 aliphatic rings. The van der Waals surface area contributed by atoms with E-state index in [0.717, 1.165) is 36.1 Å². The van der Waals surface area contributed by atoms with Crippen LogP contribution in [0.2, 0.25) is 0 Å². The number of nitrogens with one attached hydrogen (secondary N) is 1. The summed E-state index contributed by atoms with van der Waals surface area (Å²) in [6, 6.07) is 7.02. The zero-order valence-electron chi connectivity index (χ0n) is 15.4. The number of carbonyl (C=O) groups is 2. The summed E-state index contributed by atoms with van der Waals surface area (Å²) in [6.07, 6.45) is 5.03. The number of benzene rings is 1. The third kappa shape index (κ3) is 3.31. The Hall–Kier alpha value is -3.00. The number of nitrogens with zero attached hydrogens (tertiary/aromatic N) is 2. The van der Waals surface area contributed by atoms with Crippen molar-refractivity contribution in [2.45, 2.75) is 32.2 Å². The van der Waals surface area contributed by atoms with Crippen molar-refractivity contribution < 1.29 is 14.3 Å². The molecule has 0 radical (unpaired) electrons. The van der Waals surface area contributed by atoms with Crippen molar-refractivity contribution in [2.75, 3.05) is 12.4 Å². The lowest BCUT2D eigenvalue weighted by Gasteiger charge is -2.12. The Morgan fingerprint density at radius 1 is 1.25 bits per heavy atom. The number of ether oxygens (including phenoxy) is 1. The molecule has 8 heteroatoms. The molecule has 0 spiro atoms. The van der Waals surface area contributed by atoms with Crippen molar-refractivity contribution in [2.24, 2.45) is 0 Å². The van der Waals surface area contributed by atoms with Gasteiger partial charge in [0.2, 0.25) is 11.3 Å². The van der Waals surface area contributed by atoms with Crippen molar-refractivity contribution >= 4 is 39.1 Å². The second-order valence-corrected chi connectivity index (χ2v) is 7.74. The van der Waals surface area contributed by atoms with Crippen LogP contribution < -0.4 is 10.7 Å². The van der Waals surface area contributed by atoms with E-state index in [9.17, 15) is 14.4 Å². The molecule has 0 unspecified atom stereocenters. The molecule has 1 N–H and O–H groups in total. The van der Waals surface area contributed by atoms with Gasteiger partial charge < -0.3 is 10.1 Å². The zero-order chi connectivity index (χ0) is 19.7. The number of methoxy groups -OCH3 is 1. The Morgan fingerprint density at radius 3 is 2.86 bits per heavy atom. The normalized spacial score (nSPS) is 13.2. The predicted octanol–water partition coefficient (Wildman–Crippen LogP) is 2.76. The van der Waals surface area contributed by atoms with E-state index in [1.807, 2.05) is 0 Å². The van der Waals surface area contributed by atoms with Crippen LogP contribution in [0.15, 0.2) is 35.3 Å². The van der Waals surface area contributed by atoms with Crippen LogP contribution in [0.1, 0.15) is 33.6 Å². The summed E-state index contributed by atoms with van der Waals surface area (Å²) in [7, 11) is 1.34. The lowest BCUT2D eigenvalue weighted by molar-refractivity contribution is -0.116. The molecule has 0 saturated carbocycles. The van der Waals surface area contributed by atoms with Gasteiger partial charge in [-0.1, -0.05) is 12.1 Å². The van der Waals surface area contributed by atoms with Crippen LogP contribution >= 0.6 is 11.3 Å². The maximum Gasteiger partial charge on any atom is 0.341 e. The highest BCUT2D eigenvalue weighted by Gasteiger charge is 2.27. The highest BCUT2D eigenvalue weighted by atomic mass is 32.1. The van der Waals surface area contributed by atoms with Gasteiger partial charge in [-0.2, -0.15) is 5.10 Å². The number of carbonyl (C=O) groups excluding carboxylic acids is 2. The van der Waals surface area contributed by atoms with Gasteiger partial charge in [-0.05, 0) is 43.4 Å². The van der Waals surface area contributed by atoms with Crippen molar-refractivity contribution in [1.29, 1.82) is 0 Å². The number of thiophene rings is 1. The second kappa shape index (κ2) is 7.55. The molecule has 1 aliphatic carbocycles. The summed E-state index contributed by atoms with van der Waals surface area (Å²) in [5.74, 6) is -0.744. The molecule has 0 atom stereocenters. The highest BCUT2D eigenvalue weighted by Crippen LogP contribution is 2.38. The van der Waals surface area contributed by atoms with Gasteiger partial charge in [0.1, 0.15) is 11.5 Å². The van der Waals surface area contributed by atoms with E-state index in [1.165, 1.54) is 29.3 Å². The summed E-state index contributed by atoms with van der Waals surface area (Å²) >= 11 is 1.44. The first-order valence-corrected chi connectivity index (χ1v) is 9.87. The Kier molecular flexibility index (Phi) is 4.95. The van der Waals surface area contributed by atoms with Crippen LogP contribution in [0.3, 0.4) is 0 Å². The van der Waals surface area contributed by atoms with Crippen molar-refractivity contribution in [3.05, 3.63) is 56.7 Å². The topological polar surface area (TPSA) is 90.3 Å². The largest absolute Gasteiger partial charge is 0.465 e. The van der Waals surface area contributed by atoms with Crippen LogP contribution in [-0.2, 0) is 28.9 Å². The molecule has 7 nitrogen and oxygen atoms in total. The molecule has 3 aromatic rings. The minimum absolute atomic E-state index is 0.0655. The zero-order valence-corrected chi connectivity index (χ0v) is 16.2. The fraction of sp³-hybridized carbons (Fsp3) is 0.300. The molecule has 144 valence electrons. The highest BCUT2D eigenvalue weighted by molar-refractivity contribution is 7.17. The first kappa shape index (κ1) is 18.4. The maximum absolute atomic E-state index is 12.7. The summed E-state index contributed by atoms with van der Waals surface area (Å²) in [5, 5.41) is 7.96. The van der Waals surface area contributed by atoms with E-state index in [0.29, 0.717) is 21.5 Å². The number of esters is 1. The molecule has 0 fully saturated rings. The van der Waals surface area contributed by atoms with Crippen LogP contribution in [0.5, 0.6) is 0 Å². The molecule has 0 saturated heterocycles. The second-order valence-electron chi connectivity index (χ2n) is 6.64. The van der Waals surface area contributed by atoms with Crippen LogP contribution in [0, 0.1) is 0 Å². The third-order valence-electron chi connectivity index (χ3n) is 4.87. The number of aromatic nitrogens is 2. The van der Waals surface area contributed by atoms with E-state index in [1.54, 1.807) is 24.3 Å². The molecule has 1 aromatic carbocycles. The smallest absolute Gasteiger partial charge is 0.341 e. The number of fused-ring (bicyclic) bond motifs is 2. The first-order chi connectivity index (χ1) is 13.6. The fourth-order valence-electron chi connectivity index (χ4n) is 3.56. The number of aryl methyl sites for hydroxylation is 1. The van der Waals surface area contributed by atoms with E-state index in [4.69, 9.17) is 4.74 Å². The molecule has 28 heavy (non-hydrogen) atoms. The quantitative estimate of drug-likeness (QED) is 0.684. The monoisotopic (exact) mass is 397 g/mol. The number of hydrogen-bond acceptors (Lipinski definition) is 6. The average molecular weight is 397 g/mol. The summed E-state index contributed by atoms with van der Waals surface area (Å²) in [6.45, 7) is -0.0655. The summed E-state index contributed by atoms with van der Waals surface area (Å²) in [5.41, 5.74) is 1.86. The molecular weight excluding hydrogens is 378 g/mol. The van der Waals surface area contributed by atoms with Gasteiger partial charge in [-0.25, -0.2) is 4.79 Å². The summed E-state index contributed by atoms with van der Waals surface area (Å²) in [4.78, 5) is 38.1. The molecule has 2 aromatic heterocycles. The van der Waals surface area contributed by atoms with Gasteiger partial charge in [0.25, 0.3) is 0 Å². The van der Waals surface area contributed by atoms with Gasteiger partial charge in [0, 0.05) is 10.3 Å². The van der Waals surface area contributed by atoms with Gasteiger partial charge in [0.15, 0.2) is 0 Å². The lowest BCUT2D eigenvalue weighted by Crippen LogP contribution is -2.23. The van der Waals surface area contributed by atoms with Gasteiger partial charge in [-0.3, -0.25) is 14.3 Å². The van der Waals surface area contributed by atoms with Crippen LogP contribution in [0.4, 0.5) is 5.00 Å². The van der Waals surface area contributed by atoms with E-state index in [2.05, 4.69) is 10.4 Å². The first-order valence-electron chi connectivity index (χ1n) is 9.06. The van der Waals surface area contributed by atoms with Crippen molar-refractivity contribution in [3.63, 3.8) is 0 Å². The SMILES string of the molecule is COC(=O)c1c(NC(=O)Cn2ncc(=O)c3ccccc32)sc2c1CCCC2. The van der Waals surface area contributed by atoms with Crippen molar-refractivity contribution in [3.8, 4) is 0 Å². The maximum atomic E-state index is 12.7. The Labute approximate surface area is 164 Å². The van der Waals surface area contributed by atoms with Gasteiger partial charge in [0.05, 0.1) is 24.4 Å². The number of amides is 1. The summed E-state index contributed by atoms with van der Waals surface area (Å²) < 4.78 is 6.42. The predicted molar refractivity (Wildman–Crippen MR) is 107 cm³/mol. The molecule has 1 amide bonds. The lowest BCUT2D eigenvalue weighted by atomic mass is 9.95. The molecule has 4 rings (SSSR count). The molecular formula is C20H19N3O4S. The van der Waals surface area contributed by atoms with E-state index in [-0.39, 0.29) is 17.9 Å². The number of para-hydroxylation sites is 1. The Bertz CT molecular complexity index is 1130. The standard InChI is InChI=1S/C20H19N3O4S/c1-27-20(26)18-13-7-3-5-9-16(13)28-19(18)22-17(25)11-23-14-8-4-2-6-12(14)15(24)10-21-23/h2,4,6,8,10H,3,5,7,9,11H2,1H3,(H,22,25). The number of anilines is 1. The van der Waals surface area contributed by atoms with Crippen LogP contribution in [0.25, 0.3) is 10.9 Å². The van der Waals surface area contributed by atoms with Gasteiger partial charge in [-0.15, -0.1) is 11.3 Å². The third-order valence-corrected chi connectivity index (χ3v) is 6.08. The molecule has 0 aliphatic heterocycles. The van der Waals surface area contributed by atoms with E-state index < -0.39 is 5.97 Å².